The molecule has 0 fully saturated rings. The first-order valence-electron chi connectivity index (χ1n) is 14.0. The van der Waals surface area contributed by atoms with E-state index in [-0.39, 0.29) is 94.3 Å². The predicted octanol–water partition coefficient (Wildman–Crippen LogP) is 7.25. The third kappa shape index (κ3) is 5.94. The Morgan fingerprint density at radius 2 is 1.15 bits per heavy atom. The van der Waals surface area contributed by atoms with Gasteiger partial charge in [0.1, 0.15) is 23.0 Å². The van der Waals surface area contributed by atoms with Gasteiger partial charge in [0.15, 0.2) is 11.6 Å². The van der Waals surface area contributed by atoms with Crippen molar-refractivity contribution in [2.24, 2.45) is 11.8 Å². The minimum Gasteiger partial charge on any atom is -0.507 e. The molecule has 0 saturated heterocycles. The van der Waals surface area contributed by atoms with Gasteiger partial charge >= 0.3 is 0 Å². The van der Waals surface area contributed by atoms with Crippen LogP contribution in [0.1, 0.15) is 94.8 Å². The number of Topliss-reactive ketones (excluding diaryl/α,β-unsaturated/α-hetero) is 2. The molecule has 216 valence electrons. The standard InChI is InChI=1S/C34H39NO6/c1-17(2)11-29(36)23-13-19(5)31(38)25(33(23)40)15-22-21-9-7-8-10-27(21)35-28(22)16-26-32(39)20(6)14-24(34(26)41)30(37)12-18(3)4/h7-10,13-14,17-18,35,38-41H,11-12,15-16H2,1-6H3. The molecule has 0 amide bonds. The van der Waals surface area contributed by atoms with Crippen LogP contribution in [0.25, 0.3) is 10.9 Å². The van der Waals surface area contributed by atoms with Crippen molar-refractivity contribution in [3.05, 3.63) is 81.0 Å². The number of ketones is 2. The Labute approximate surface area is 240 Å². The van der Waals surface area contributed by atoms with E-state index in [9.17, 15) is 30.0 Å². The van der Waals surface area contributed by atoms with E-state index in [1.807, 2.05) is 52.0 Å². The van der Waals surface area contributed by atoms with Gasteiger partial charge in [-0.3, -0.25) is 9.59 Å². The molecule has 0 aliphatic carbocycles. The molecule has 0 aliphatic rings. The largest absolute Gasteiger partial charge is 0.507 e. The van der Waals surface area contributed by atoms with Crippen LogP contribution in [0.5, 0.6) is 23.0 Å². The van der Waals surface area contributed by atoms with Crippen molar-refractivity contribution in [2.75, 3.05) is 0 Å². The smallest absolute Gasteiger partial charge is 0.166 e. The molecular formula is C34H39NO6. The van der Waals surface area contributed by atoms with Gasteiger partial charge in [-0.15, -0.1) is 0 Å². The van der Waals surface area contributed by atoms with Crippen LogP contribution in [0.3, 0.4) is 0 Å². The van der Waals surface area contributed by atoms with E-state index in [2.05, 4.69) is 4.98 Å². The van der Waals surface area contributed by atoms with E-state index in [4.69, 9.17) is 0 Å². The monoisotopic (exact) mass is 557 g/mol. The van der Waals surface area contributed by atoms with Crippen molar-refractivity contribution in [3.8, 4) is 23.0 Å². The molecule has 7 nitrogen and oxygen atoms in total. The maximum Gasteiger partial charge on any atom is 0.166 e. The molecule has 0 radical (unpaired) electrons. The normalized spacial score (nSPS) is 11.6. The zero-order valence-corrected chi connectivity index (χ0v) is 24.6. The second-order valence-corrected chi connectivity index (χ2v) is 11.9. The number of hydrogen-bond donors (Lipinski definition) is 5. The van der Waals surface area contributed by atoms with Gasteiger partial charge in [-0.2, -0.15) is 0 Å². The second kappa shape index (κ2) is 11.7. The average molecular weight is 558 g/mol. The summed E-state index contributed by atoms with van der Waals surface area (Å²) in [5.74, 6) is -0.901. The number of para-hydroxylation sites is 1. The number of phenolic OH excluding ortho intramolecular Hbond substituents is 4. The lowest BCUT2D eigenvalue weighted by atomic mass is 9.90. The van der Waals surface area contributed by atoms with Gasteiger partial charge in [0, 0.05) is 53.4 Å². The number of aryl methyl sites for hydroxylation is 2. The molecule has 0 saturated carbocycles. The summed E-state index contributed by atoms with van der Waals surface area (Å²) in [4.78, 5) is 29.2. The highest BCUT2D eigenvalue weighted by Crippen LogP contribution is 2.41. The number of aromatic hydroxyl groups is 4. The van der Waals surface area contributed by atoms with E-state index in [1.165, 1.54) is 12.1 Å². The fourth-order valence-electron chi connectivity index (χ4n) is 5.42. The molecule has 4 aromatic rings. The van der Waals surface area contributed by atoms with Crippen LogP contribution in [0, 0.1) is 25.7 Å². The topological polar surface area (TPSA) is 131 Å². The van der Waals surface area contributed by atoms with Crippen molar-refractivity contribution in [1.29, 1.82) is 0 Å². The summed E-state index contributed by atoms with van der Waals surface area (Å²) in [5, 5.41) is 45.2. The zero-order chi connectivity index (χ0) is 30.2. The number of hydrogen-bond acceptors (Lipinski definition) is 6. The van der Waals surface area contributed by atoms with Gasteiger partial charge in [-0.05, 0) is 60.6 Å². The van der Waals surface area contributed by atoms with E-state index >= 15 is 0 Å². The fraction of sp³-hybridized carbons (Fsp3) is 0.353. The van der Waals surface area contributed by atoms with E-state index in [0.717, 1.165) is 16.5 Å². The first-order valence-corrected chi connectivity index (χ1v) is 14.0. The summed E-state index contributed by atoms with van der Waals surface area (Å²) in [7, 11) is 0. The van der Waals surface area contributed by atoms with Crippen molar-refractivity contribution in [3.63, 3.8) is 0 Å². The van der Waals surface area contributed by atoms with Crippen molar-refractivity contribution >= 4 is 22.5 Å². The maximum absolute atomic E-state index is 12.9. The number of aromatic amines is 1. The molecule has 1 heterocycles. The summed E-state index contributed by atoms with van der Waals surface area (Å²) in [6, 6.07) is 10.6. The van der Waals surface area contributed by atoms with Crippen LogP contribution in [0.4, 0.5) is 0 Å². The van der Waals surface area contributed by atoms with Gasteiger partial charge in [-0.1, -0.05) is 45.9 Å². The molecule has 4 rings (SSSR count). The molecule has 0 unspecified atom stereocenters. The molecule has 0 aliphatic heterocycles. The maximum atomic E-state index is 12.9. The van der Waals surface area contributed by atoms with E-state index in [1.54, 1.807) is 13.8 Å². The lowest BCUT2D eigenvalue weighted by Gasteiger charge is -2.17. The van der Waals surface area contributed by atoms with Crippen LogP contribution in [-0.4, -0.2) is 37.0 Å². The SMILES string of the molecule is Cc1cc(C(=O)CC(C)C)c(O)c(Cc2[nH]c3ccccc3c2Cc2c(O)c(C)cc(C(=O)CC(C)C)c2O)c1O. The molecular weight excluding hydrogens is 518 g/mol. The van der Waals surface area contributed by atoms with Gasteiger partial charge in [0.05, 0.1) is 11.1 Å². The number of phenols is 4. The van der Waals surface area contributed by atoms with Crippen LogP contribution >= 0.6 is 0 Å². The number of carbonyl (C=O) groups excluding carboxylic acids is 2. The zero-order valence-electron chi connectivity index (χ0n) is 24.6. The van der Waals surface area contributed by atoms with Crippen LogP contribution < -0.4 is 0 Å². The minimum absolute atomic E-state index is 0.0673. The summed E-state index contributed by atoms with van der Waals surface area (Å²) in [6.07, 6.45) is 0.683. The number of benzene rings is 3. The highest BCUT2D eigenvalue weighted by Gasteiger charge is 2.26. The number of carbonyl (C=O) groups is 2. The summed E-state index contributed by atoms with van der Waals surface area (Å²) < 4.78 is 0. The second-order valence-electron chi connectivity index (χ2n) is 11.9. The lowest BCUT2D eigenvalue weighted by molar-refractivity contribution is 0.0956. The van der Waals surface area contributed by atoms with Gasteiger partial charge < -0.3 is 25.4 Å². The van der Waals surface area contributed by atoms with Gasteiger partial charge in [0.25, 0.3) is 0 Å². The van der Waals surface area contributed by atoms with Gasteiger partial charge in [0.2, 0.25) is 0 Å². The molecule has 0 bridgehead atoms. The number of rotatable bonds is 10. The quantitative estimate of drug-likeness (QED) is 0.131. The molecule has 1 aromatic heterocycles. The summed E-state index contributed by atoms with van der Waals surface area (Å²) in [6.45, 7) is 11.1. The van der Waals surface area contributed by atoms with E-state index < -0.39 is 0 Å². The number of aromatic nitrogens is 1. The first-order chi connectivity index (χ1) is 19.3. The Morgan fingerprint density at radius 3 is 1.63 bits per heavy atom. The Bertz CT molecular complexity index is 1640. The third-order valence-corrected chi connectivity index (χ3v) is 7.52. The molecule has 7 heteroatoms. The minimum atomic E-state index is -0.258. The predicted molar refractivity (Wildman–Crippen MR) is 160 cm³/mol. The highest BCUT2D eigenvalue weighted by molar-refractivity contribution is 6.00. The lowest BCUT2D eigenvalue weighted by Crippen LogP contribution is -2.07. The third-order valence-electron chi connectivity index (χ3n) is 7.52. The molecule has 0 atom stereocenters. The van der Waals surface area contributed by atoms with Crippen molar-refractivity contribution in [2.45, 2.75) is 67.2 Å². The Morgan fingerprint density at radius 1 is 0.683 bits per heavy atom. The van der Waals surface area contributed by atoms with Crippen LogP contribution in [-0.2, 0) is 12.8 Å². The molecule has 5 N–H and O–H groups in total. The summed E-state index contributed by atoms with van der Waals surface area (Å²) >= 11 is 0. The van der Waals surface area contributed by atoms with Crippen LogP contribution in [0.15, 0.2) is 36.4 Å². The van der Waals surface area contributed by atoms with Crippen molar-refractivity contribution in [1.82, 2.24) is 4.98 Å². The number of H-pyrrole nitrogens is 1. The van der Waals surface area contributed by atoms with Crippen molar-refractivity contribution < 1.29 is 30.0 Å². The Balaban J connectivity index is 1.86. The first kappa shape index (κ1) is 29.7. The molecule has 41 heavy (non-hydrogen) atoms. The highest BCUT2D eigenvalue weighted by atomic mass is 16.3. The number of fused-ring (bicyclic) bond motifs is 1. The molecule has 0 spiro atoms. The average Bonchev–Trinajstić information content (AvgIpc) is 3.24. The molecule has 3 aromatic carbocycles. The summed E-state index contributed by atoms with van der Waals surface area (Å²) in [5.41, 5.74) is 3.91. The van der Waals surface area contributed by atoms with Gasteiger partial charge in [-0.25, -0.2) is 0 Å². The Hall–Kier alpha value is -4.26. The Kier molecular flexibility index (Phi) is 8.47. The fourth-order valence-corrected chi connectivity index (χ4v) is 5.42. The number of nitrogens with one attached hydrogen (secondary N) is 1. The van der Waals surface area contributed by atoms with E-state index in [0.29, 0.717) is 16.8 Å². The van der Waals surface area contributed by atoms with Crippen LogP contribution in [0.2, 0.25) is 0 Å².